The number of anilines is 1. The van der Waals surface area contributed by atoms with Crippen LogP contribution in [0.5, 0.6) is 0 Å². The Bertz CT molecular complexity index is 762. The van der Waals surface area contributed by atoms with Gasteiger partial charge < -0.3 is 11.1 Å². The van der Waals surface area contributed by atoms with Crippen LogP contribution in [-0.4, -0.2) is 21.6 Å². The van der Waals surface area contributed by atoms with Gasteiger partial charge in [0.2, 0.25) is 0 Å². The first-order valence-corrected chi connectivity index (χ1v) is 8.60. The normalized spacial score (nSPS) is 16.9. The Morgan fingerprint density at radius 1 is 1.52 bits per heavy atom. The van der Waals surface area contributed by atoms with E-state index < -0.39 is 5.91 Å². The highest BCUT2D eigenvalue weighted by Crippen LogP contribution is 2.39. The molecule has 0 saturated heterocycles. The van der Waals surface area contributed by atoms with E-state index in [1.165, 1.54) is 11.3 Å². The van der Waals surface area contributed by atoms with Crippen molar-refractivity contribution in [1.29, 1.82) is 0 Å². The first kappa shape index (κ1) is 15.7. The fraction of sp³-hybridized carbons (Fsp3) is 0.438. The molecule has 2 heterocycles. The van der Waals surface area contributed by atoms with Gasteiger partial charge in [-0.3, -0.25) is 14.3 Å². The Hall–Kier alpha value is -2.15. The van der Waals surface area contributed by atoms with E-state index in [2.05, 4.69) is 17.3 Å². The summed E-state index contributed by atoms with van der Waals surface area (Å²) in [5.74, 6) is -0.205. The average molecular weight is 332 g/mol. The largest absolute Gasteiger partial charge is 0.365 e. The minimum absolute atomic E-state index is 0.314. The molecule has 122 valence electrons. The summed E-state index contributed by atoms with van der Waals surface area (Å²) in [6.45, 7) is 4.85. The highest BCUT2D eigenvalue weighted by atomic mass is 32.1. The molecule has 6 nitrogen and oxygen atoms in total. The molecule has 0 saturated carbocycles. The molecule has 0 aliphatic heterocycles. The molecule has 0 radical (unpaired) electrons. The molecule has 7 heteroatoms. The summed E-state index contributed by atoms with van der Waals surface area (Å²) in [5.41, 5.74) is 7.37. The number of carbonyl (C=O) groups excluding carboxylic acids is 2. The lowest BCUT2D eigenvalue weighted by Gasteiger charge is -2.18. The second-order valence-corrected chi connectivity index (χ2v) is 7.04. The fourth-order valence-corrected chi connectivity index (χ4v) is 4.34. The van der Waals surface area contributed by atoms with Crippen LogP contribution in [0.1, 0.15) is 51.6 Å². The van der Waals surface area contributed by atoms with E-state index in [4.69, 9.17) is 5.73 Å². The maximum Gasteiger partial charge on any atom is 0.276 e. The van der Waals surface area contributed by atoms with Crippen LogP contribution in [0.25, 0.3) is 0 Å². The van der Waals surface area contributed by atoms with Crippen molar-refractivity contribution in [3.8, 4) is 0 Å². The molecule has 3 N–H and O–H groups in total. The van der Waals surface area contributed by atoms with Crippen LogP contribution in [0, 0.1) is 5.92 Å². The Balaban J connectivity index is 1.90. The van der Waals surface area contributed by atoms with E-state index in [0.717, 1.165) is 29.7 Å². The summed E-state index contributed by atoms with van der Waals surface area (Å²) >= 11 is 1.46. The molecule has 2 aromatic rings. The van der Waals surface area contributed by atoms with Gasteiger partial charge in [-0.05, 0) is 43.7 Å². The van der Waals surface area contributed by atoms with E-state index in [0.29, 0.717) is 28.7 Å². The molecule has 1 aliphatic rings. The van der Waals surface area contributed by atoms with Crippen molar-refractivity contribution in [2.75, 3.05) is 5.32 Å². The molecule has 1 atom stereocenters. The lowest BCUT2D eigenvalue weighted by atomic mass is 9.88. The number of nitrogens with one attached hydrogen (secondary N) is 1. The Morgan fingerprint density at radius 3 is 2.96 bits per heavy atom. The van der Waals surface area contributed by atoms with Crippen LogP contribution in [0.3, 0.4) is 0 Å². The maximum absolute atomic E-state index is 12.4. The van der Waals surface area contributed by atoms with Crippen LogP contribution in [0.2, 0.25) is 0 Å². The van der Waals surface area contributed by atoms with Crippen molar-refractivity contribution in [2.45, 2.75) is 39.7 Å². The number of nitrogens with two attached hydrogens (primary N) is 1. The summed E-state index contributed by atoms with van der Waals surface area (Å²) in [4.78, 5) is 25.4. The predicted octanol–water partition coefficient (Wildman–Crippen LogP) is 2.44. The van der Waals surface area contributed by atoms with Crippen molar-refractivity contribution in [2.24, 2.45) is 11.7 Å². The van der Waals surface area contributed by atoms with E-state index >= 15 is 0 Å². The molecule has 3 rings (SSSR count). The minimum Gasteiger partial charge on any atom is -0.365 e. The van der Waals surface area contributed by atoms with Crippen molar-refractivity contribution in [3.63, 3.8) is 0 Å². The average Bonchev–Trinajstić information content (AvgIpc) is 3.10. The van der Waals surface area contributed by atoms with Crippen LogP contribution in [0.15, 0.2) is 12.3 Å². The van der Waals surface area contributed by atoms with Gasteiger partial charge in [0.25, 0.3) is 11.8 Å². The third kappa shape index (κ3) is 3.01. The Kier molecular flexibility index (Phi) is 4.21. The first-order valence-electron chi connectivity index (χ1n) is 7.78. The van der Waals surface area contributed by atoms with Crippen molar-refractivity contribution in [3.05, 3.63) is 34.0 Å². The third-order valence-electron chi connectivity index (χ3n) is 4.18. The molecule has 0 spiro atoms. The van der Waals surface area contributed by atoms with Gasteiger partial charge in [-0.15, -0.1) is 11.3 Å². The fourth-order valence-electron chi connectivity index (χ4n) is 2.93. The topological polar surface area (TPSA) is 90.0 Å². The van der Waals surface area contributed by atoms with E-state index in [1.54, 1.807) is 16.9 Å². The van der Waals surface area contributed by atoms with Gasteiger partial charge in [0, 0.05) is 17.6 Å². The predicted molar refractivity (Wildman–Crippen MR) is 89.9 cm³/mol. The van der Waals surface area contributed by atoms with Crippen LogP contribution < -0.4 is 11.1 Å². The molecule has 0 unspecified atom stereocenters. The second-order valence-electron chi connectivity index (χ2n) is 5.93. The molecule has 23 heavy (non-hydrogen) atoms. The molecule has 1 aliphatic carbocycles. The highest BCUT2D eigenvalue weighted by molar-refractivity contribution is 7.17. The van der Waals surface area contributed by atoms with Gasteiger partial charge >= 0.3 is 0 Å². The van der Waals surface area contributed by atoms with Gasteiger partial charge in [0.05, 0.1) is 5.56 Å². The SMILES string of the molecule is CCn1ccc(C(=O)Nc2sc3c(c2C(N)=O)CC[C@H](C)C3)n1. The minimum atomic E-state index is -0.480. The molecule has 0 aromatic carbocycles. The van der Waals surface area contributed by atoms with Gasteiger partial charge in [-0.1, -0.05) is 6.92 Å². The first-order chi connectivity index (χ1) is 11.0. The maximum atomic E-state index is 12.4. The summed E-state index contributed by atoms with van der Waals surface area (Å²) in [6, 6.07) is 1.67. The second kappa shape index (κ2) is 6.16. The van der Waals surface area contributed by atoms with Gasteiger partial charge in [-0.2, -0.15) is 5.10 Å². The van der Waals surface area contributed by atoms with E-state index in [1.807, 2.05) is 6.92 Å². The zero-order chi connectivity index (χ0) is 16.6. The lowest BCUT2D eigenvalue weighted by Crippen LogP contribution is -2.19. The zero-order valence-electron chi connectivity index (χ0n) is 13.3. The number of aromatic nitrogens is 2. The summed E-state index contributed by atoms with van der Waals surface area (Å²) in [7, 11) is 0. The Labute approximate surface area is 138 Å². The van der Waals surface area contributed by atoms with E-state index in [-0.39, 0.29) is 5.91 Å². The third-order valence-corrected chi connectivity index (χ3v) is 5.35. The number of nitrogens with zero attached hydrogens (tertiary/aromatic N) is 2. The molecule has 2 aromatic heterocycles. The van der Waals surface area contributed by atoms with Crippen molar-refractivity contribution in [1.82, 2.24) is 9.78 Å². The number of primary amides is 1. The van der Waals surface area contributed by atoms with Crippen molar-refractivity contribution >= 4 is 28.2 Å². The van der Waals surface area contributed by atoms with Gasteiger partial charge in [0.1, 0.15) is 5.00 Å². The smallest absolute Gasteiger partial charge is 0.276 e. The van der Waals surface area contributed by atoms with Crippen molar-refractivity contribution < 1.29 is 9.59 Å². The number of hydrogen-bond acceptors (Lipinski definition) is 4. The molecule has 0 fully saturated rings. The van der Waals surface area contributed by atoms with Gasteiger partial charge in [-0.25, -0.2) is 0 Å². The molecule has 0 bridgehead atoms. The summed E-state index contributed by atoms with van der Waals surface area (Å²) < 4.78 is 1.69. The zero-order valence-corrected chi connectivity index (χ0v) is 14.1. The number of thiophene rings is 1. The molecular formula is C16H20N4O2S. The standard InChI is InChI=1S/C16H20N4O2S/c1-3-20-7-6-11(19-20)15(22)18-16-13(14(17)21)10-5-4-9(2)8-12(10)23-16/h6-7,9H,3-5,8H2,1-2H3,(H2,17,21)(H,18,22)/t9-/m0/s1. The van der Waals surface area contributed by atoms with Crippen LogP contribution in [0.4, 0.5) is 5.00 Å². The number of amides is 2. The van der Waals surface area contributed by atoms with Gasteiger partial charge in [0.15, 0.2) is 5.69 Å². The summed E-state index contributed by atoms with van der Waals surface area (Å²) in [5, 5.41) is 7.56. The number of fused-ring (bicyclic) bond motifs is 1. The number of carbonyl (C=O) groups is 2. The molecular weight excluding hydrogens is 312 g/mol. The van der Waals surface area contributed by atoms with Crippen LogP contribution >= 0.6 is 11.3 Å². The number of rotatable bonds is 4. The quantitative estimate of drug-likeness (QED) is 0.901. The number of hydrogen-bond donors (Lipinski definition) is 2. The lowest BCUT2D eigenvalue weighted by molar-refractivity contribution is 0.1000. The van der Waals surface area contributed by atoms with Crippen LogP contribution in [-0.2, 0) is 19.4 Å². The van der Waals surface area contributed by atoms with E-state index in [9.17, 15) is 9.59 Å². The monoisotopic (exact) mass is 332 g/mol. The number of aryl methyl sites for hydroxylation is 1. The molecule has 2 amide bonds. The Morgan fingerprint density at radius 2 is 2.30 bits per heavy atom. The highest BCUT2D eigenvalue weighted by Gasteiger charge is 2.27. The summed E-state index contributed by atoms with van der Waals surface area (Å²) in [6.07, 6.45) is 4.57.